The molecule has 2 fully saturated rings. The standard InChI is InChI=1S/C25H28N4O5/c1-25(2,3)34-24(31)29-16-10-18(11-17(29)15-32-14-16)33-23(30)20-13-28(22-12-26-8-9-27-22)21-7-5-4-6-19(20)21/h4-9,12-13,16-18H,10-11,14-15H2,1-3H3. The van der Waals surface area contributed by atoms with Crippen molar-refractivity contribution in [2.75, 3.05) is 13.2 Å². The fraction of sp³-hybridized carbons (Fsp3) is 0.440. The van der Waals surface area contributed by atoms with Crippen molar-refractivity contribution in [1.82, 2.24) is 19.4 Å². The predicted octanol–water partition coefficient (Wildman–Crippen LogP) is 3.74. The lowest BCUT2D eigenvalue weighted by Gasteiger charge is -2.47. The Kier molecular flexibility index (Phi) is 5.73. The molecule has 3 aromatic rings. The van der Waals surface area contributed by atoms with E-state index in [0.717, 1.165) is 10.9 Å². The van der Waals surface area contributed by atoms with Gasteiger partial charge in [0.05, 0.1) is 42.6 Å². The highest BCUT2D eigenvalue weighted by molar-refractivity contribution is 6.04. The average molecular weight is 465 g/mol. The monoisotopic (exact) mass is 464 g/mol. The van der Waals surface area contributed by atoms with Gasteiger partial charge in [-0.15, -0.1) is 0 Å². The van der Waals surface area contributed by atoms with E-state index >= 15 is 0 Å². The fourth-order valence-electron chi connectivity index (χ4n) is 4.74. The zero-order chi connectivity index (χ0) is 23.9. The van der Waals surface area contributed by atoms with Crippen molar-refractivity contribution in [1.29, 1.82) is 0 Å². The summed E-state index contributed by atoms with van der Waals surface area (Å²) in [4.78, 5) is 36.3. The number of piperidine rings is 1. The van der Waals surface area contributed by atoms with Crippen molar-refractivity contribution < 1.29 is 23.8 Å². The number of rotatable bonds is 3. The van der Waals surface area contributed by atoms with Crippen LogP contribution >= 0.6 is 0 Å². The quantitative estimate of drug-likeness (QED) is 0.545. The van der Waals surface area contributed by atoms with E-state index in [1.165, 1.54) is 0 Å². The number of fused-ring (bicyclic) bond motifs is 3. The normalized spacial score (nSPS) is 22.4. The van der Waals surface area contributed by atoms with Crippen LogP contribution in [0.4, 0.5) is 4.79 Å². The fourth-order valence-corrected chi connectivity index (χ4v) is 4.74. The van der Waals surface area contributed by atoms with E-state index < -0.39 is 11.6 Å². The smallest absolute Gasteiger partial charge is 0.410 e. The molecule has 2 unspecified atom stereocenters. The maximum Gasteiger partial charge on any atom is 0.410 e. The van der Waals surface area contributed by atoms with Crippen LogP contribution in [0.3, 0.4) is 0 Å². The number of hydrogen-bond acceptors (Lipinski definition) is 7. The highest BCUT2D eigenvalue weighted by Crippen LogP contribution is 2.32. The summed E-state index contributed by atoms with van der Waals surface area (Å²) in [6.07, 6.45) is 6.96. The second-order valence-electron chi connectivity index (χ2n) is 9.72. The molecule has 2 aliphatic heterocycles. The van der Waals surface area contributed by atoms with Crippen LogP contribution < -0.4 is 0 Å². The maximum atomic E-state index is 13.3. The lowest BCUT2D eigenvalue weighted by Crippen LogP contribution is -2.61. The lowest BCUT2D eigenvalue weighted by molar-refractivity contribution is -0.106. The van der Waals surface area contributed by atoms with Crippen molar-refractivity contribution in [3.63, 3.8) is 0 Å². The van der Waals surface area contributed by atoms with E-state index in [-0.39, 0.29) is 24.3 Å². The van der Waals surface area contributed by atoms with Crippen molar-refractivity contribution in [3.8, 4) is 5.82 Å². The van der Waals surface area contributed by atoms with Gasteiger partial charge >= 0.3 is 12.1 Å². The summed E-state index contributed by atoms with van der Waals surface area (Å²) >= 11 is 0. The number of hydrogen-bond donors (Lipinski definition) is 0. The predicted molar refractivity (Wildman–Crippen MR) is 124 cm³/mol. The molecule has 2 bridgehead atoms. The largest absolute Gasteiger partial charge is 0.459 e. The molecule has 2 atom stereocenters. The molecule has 0 saturated carbocycles. The van der Waals surface area contributed by atoms with Crippen LogP contribution in [0.5, 0.6) is 0 Å². The Morgan fingerprint density at radius 3 is 2.50 bits per heavy atom. The van der Waals surface area contributed by atoms with Gasteiger partial charge in [-0.3, -0.25) is 14.5 Å². The lowest BCUT2D eigenvalue weighted by atomic mass is 9.92. The Hall–Kier alpha value is -3.46. The van der Waals surface area contributed by atoms with Gasteiger partial charge < -0.3 is 14.2 Å². The molecule has 2 aliphatic rings. The van der Waals surface area contributed by atoms with Gasteiger partial charge in [-0.05, 0) is 26.8 Å². The molecule has 9 nitrogen and oxygen atoms in total. The topological polar surface area (TPSA) is 95.8 Å². The second-order valence-corrected chi connectivity index (χ2v) is 9.72. The number of carbonyl (C=O) groups excluding carboxylic acids is 2. The molecule has 2 saturated heterocycles. The van der Waals surface area contributed by atoms with E-state index in [0.29, 0.717) is 37.4 Å². The van der Waals surface area contributed by atoms with Crippen molar-refractivity contribution in [3.05, 3.63) is 54.6 Å². The van der Waals surface area contributed by atoms with Crippen molar-refractivity contribution in [2.45, 2.75) is 57.4 Å². The number of para-hydroxylation sites is 1. The molecule has 4 heterocycles. The first kappa shape index (κ1) is 22.3. The molecule has 1 amide bonds. The molecule has 1 aromatic carbocycles. The average Bonchev–Trinajstić information content (AvgIpc) is 3.18. The first-order valence-corrected chi connectivity index (χ1v) is 11.5. The van der Waals surface area contributed by atoms with E-state index in [2.05, 4.69) is 9.97 Å². The highest BCUT2D eigenvalue weighted by atomic mass is 16.6. The zero-order valence-corrected chi connectivity index (χ0v) is 19.5. The van der Waals surface area contributed by atoms with Gasteiger partial charge in [0.15, 0.2) is 5.82 Å². The Morgan fingerprint density at radius 1 is 1.09 bits per heavy atom. The maximum absolute atomic E-state index is 13.3. The van der Waals surface area contributed by atoms with Gasteiger partial charge in [-0.2, -0.15) is 0 Å². The van der Waals surface area contributed by atoms with Crippen LogP contribution in [-0.2, 0) is 14.2 Å². The SMILES string of the molecule is CC(C)(C)OC(=O)N1C2COCC1CC(OC(=O)c1cn(-c3cnccn3)c3ccccc13)C2. The highest BCUT2D eigenvalue weighted by Gasteiger charge is 2.44. The third-order valence-electron chi connectivity index (χ3n) is 6.08. The Balaban J connectivity index is 1.36. The Bertz CT molecular complexity index is 1190. The minimum absolute atomic E-state index is 0.193. The summed E-state index contributed by atoms with van der Waals surface area (Å²) in [6, 6.07) is 7.25. The second kappa shape index (κ2) is 8.72. The molecule has 0 aliphatic carbocycles. The Morgan fingerprint density at radius 2 is 1.82 bits per heavy atom. The summed E-state index contributed by atoms with van der Waals surface area (Å²) < 4.78 is 19.1. The van der Waals surface area contributed by atoms with Crippen molar-refractivity contribution >= 4 is 23.0 Å². The zero-order valence-electron chi connectivity index (χ0n) is 19.5. The summed E-state index contributed by atoms with van der Waals surface area (Å²) in [6.45, 7) is 6.35. The Labute approximate surface area is 197 Å². The van der Waals surface area contributed by atoms with Crippen LogP contribution in [-0.4, -0.2) is 68.5 Å². The van der Waals surface area contributed by atoms with Crippen LogP contribution in [0.2, 0.25) is 0 Å². The van der Waals surface area contributed by atoms with Crippen LogP contribution in [0, 0.1) is 0 Å². The molecule has 5 rings (SSSR count). The first-order chi connectivity index (χ1) is 16.3. The van der Waals surface area contributed by atoms with Crippen LogP contribution in [0.25, 0.3) is 16.7 Å². The number of morpholine rings is 1. The molecule has 2 aromatic heterocycles. The number of nitrogens with zero attached hydrogens (tertiary/aromatic N) is 4. The van der Waals surface area contributed by atoms with Gasteiger partial charge in [0.1, 0.15) is 11.7 Å². The number of benzene rings is 1. The van der Waals surface area contributed by atoms with Crippen molar-refractivity contribution in [2.24, 2.45) is 0 Å². The summed E-state index contributed by atoms with van der Waals surface area (Å²) in [7, 11) is 0. The van der Waals surface area contributed by atoms with E-state index in [4.69, 9.17) is 14.2 Å². The first-order valence-electron chi connectivity index (χ1n) is 11.5. The molecule has 0 radical (unpaired) electrons. The molecule has 9 heteroatoms. The third kappa shape index (κ3) is 4.35. The number of carbonyl (C=O) groups is 2. The van der Waals surface area contributed by atoms with Gasteiger partial charge in [0, 0.05) is 36.8 Å². The van der Waals surface area contributed by atoms with Gasteiger partial charge in [-0.25, -0.2) is 14.6 Å². The van der Waals surface area contributed by atoms with Gasteiger partial charge in [0.25, 0.3) is 0 Å². The summed E-state index contributed by atoms with van der Waals surface area (Å²) in [5.74, 6) is 0.226. The molecule has 0 N–H and O–H groups in total. The van der Waals surface area contributed by atoms with Crippen LogP contribution in [0.1, 0.15) is 44.0 Å². The molecule has 34 heavy (non-hydrogen) atoms. The minimum Gasteiger partial charge on any atom is -0.459 e. The summed E-state index contributed by atoms with van der Waals surface area (Å²) in [5.41, 5.74) is 0.740. The number of amides is 1. The number of ether oxygens (including phenoxy) is 3. The van der Waals surface area contributed by atoms with Gasteiger partial charge in [0.2, 0.25) is 0 Å². The van der Waals surface area contributed by atoms with E-state index in [1.54, 1.807) is 29.7 Å². The summed E-state index contributed by atoms with van der Waals surface area (Å²) in [5, 5.41) is 0.785. The molecule has 0 spiro atoms. The molecule has 178 valence electrons. The van der Waals surface area contributed by atoms with Gasteiger partial charge in [-0.1, -0.05) is 18.2 Å². The van der Waals surface area contributed by atoms with E-state index in [9.17, 15) is 9.59 Å². The number of esters is 1. The van der Waals surface area contributed by atoms with Crippen LogP contribution in [0.15, 0.2) is 49.1 Å². The molecular weight excluding hydrogens is 436 g/mol. The minimum atomic E-state index is -0.576. The van der Waals surface area contributed by atoms with E-state index in [1.807, 2.05) is 49.6 Å². The third-order valence-corrected chi connectivity index (χ3v) is 6.08. The molecular formula is C25H28N4O5. The number of aromatic nitrogens is 3.